The molecule has 2 heteroatoms. The summed E-state index contributed by atoms with van der Waals surface area (Å²) >= 11 is 0. The number of ketones is 1. The third kappa shape index (κ3) is 4.09. The standard InChI is InChI=1S/C15H27O2/c1-10(2)6-15(16)14-8-11(3)7-13(9-17-5)12(14)4/h10-12,14H,6-9H2,1-5H3/t11?,12?,14-/m1/s1. The van der Waals surface area contributed by atoms with E-state index in [-0.39, 0.29) is 5.92 Å². The highest BCUT2D eigenvalue weighted by Gasteiger charge is 2.37. The van der Waals surface area contributed by atoms with E-state index in [1.807, 2.05) is 0 Å². The van der Waals surface area contributed by atoms with Gasteiger partial charge in [0.2, 0.25) is 0 Å². The molecule has 0 bridgehead atoms. The first-order valence-corrected chi connectivity index (χ1v) is 6.81. The monoisotopic (exact) mass is 239 g/mol. The van der Waals surface area contributed by atoms with Gasteiger partial charge in [-0.25, -0.2) is 0 Å². The fourth-order valence-electron chi connectivity index (χ4n) is 2.98. The van der Waals surface area contributed by atoms with E-state index in [4.69, 9.17) is 4.74 Å². The van der Waals surface area contributed by atoms with Gasteiger partial charge in [-0.3, -0.25) is 4.79 Å². The Labute approximate surface area is 106 Å². The fourth-order valence-corrected chi connectivity index (χ4v) is 2.98. The van der Waals surface area contributed by atoms with Crippen molar-refractivity contribution in [1.82, 2.24) is 0 Å². The lowest BCUT2D eigenvalue weighted by Gasteiger charge is -2.38. The lowest BCUT2D eigenvalue weighted by atomic mass is 9.67. The third-order valence-electron chi connectivity index (χ3n) is 3.87. The number of rotatable bonds is 5. The molecule has 0 N–H and O–H groups in total. The largest absolute Gasteiger partial charge is 0.384 e. The Balaban J connectivity index is 2.66. The lowest BCUT2D eigenvalue weighted by molar-refractivity contribution is -0.126. The van der Waals surface area contributed by atoms with Crippen molar-refractivity contribution < 1.29 is 9.53 Å². The Bertz CT molecular complexity index is 247. The number of carbonyl (C=O) groups excluding carboxylic acids is 1. The summed E-state index contributed by atoms with van der Waals surface area (Å²) in [5.41, 5.74) is 0. The first-order chi connectivity index (χ1) is 7.95. The van der Waals surface area contributed by atoms with Gasteiger partial charge in [-0.2, -0.15) is 0 Å². The van der Waals surface area contributed by atoms with Crippen LogP contribution < -0.4 is 0 Å². The van der Waals surface area contributed by atoms with Gasteiger partial charge >= 0.3 is 0 Å². The van der Waals surface area contributed by atoms with Crippen molar-refractivity contribution in [2.24, 2.45) is 23.7 Å². The minimum atomic E-state index is 0.228. The van der Waals surface area contributed by atoms with Gasteiger partial charge in [0, 0.05) is 25.4 Å². The average Bonchev–Trinajstić information content (AvgIpc) is 2.22. The van der Waals surface area contributed by atoms with Crippen LogP contribution in [-0.2, 0) is 9.53 Å². The molecule has 3 atom stereocenters. The van der Waals surface area contributed by atoms with Crippen LogP contribution in [0.15, 0.2) is 0 Å². The van der Waals surface area contributed by atoms with E-state index in [2.05, 4.69) is 27.7 Å². The van der Waals surface area contributed by atoms with Crippen LogP contribution >= 0.6 is 0 Å². The number of carbonyl (C=O) groups is 1. The van der Waals surface area contributed by atoms with Crippen molar-refractivity contribution in [2.75, 3.05) is 13.7 Å². The summed E-state index contributed by atoms with van der Waals surface area (Å²) in [6, 6.07) is 0. The highest BCUT2D eigenvalue weighted by Crippen LogP contribution is 2.40. The minimum absolute atomic E-state index is 0.228. The molecule has 0 heterocycles. The molecular formula is C15H27O2. The molecule has 1 fully saturated rings. The van der Waals surface area contributed by atoms with Crippen molar-refractivity contribution in [1.29, 1.82) is 0 Å². The third-order valence-corrected chi connectivity index (χ3v) is 3.87. The van der Waals surface area contributed by atoms with E-state index < -0.39 is 0 Å². The maximum absolute atomic E-state index is 12.3. The molecule has 0 aromatic heterocycles. The van der Waals surface area contributed by atoms with Gasteiger partial charge in [0.05, 0.1) is 6.61 Å². The van der Waals surface area contributed by atoms with Gasteiger partial charge in [-0.15, -0.1) is 0 Å². The number of Topliss-reactive ketones (excluding diaryl/α,β-unsaturated/α-hetero) is 1. The van der Waals surface area contributed by atoms with E-state index in [0.29, 0.717) is 23.5 Å². The molecule has 99 valence electrons. The van der Waals surface area contributed by atoms with Crippen molar-refractivity contribution in [3.63, 3.8) is 0 Å². The number of hydrogen-bond acceptors (Lipinski definition) is 2. The van der Waals surface area contributed by atoms with Gasteiger partial charge in [-0.1, -0.05) is 27.7 Å². The normalized spacial score (nSPS) is 30.8. The zero-order chi connectivity index (χ0) is 13.0. The summed E-state index contributed by atoms with van der Waals surface area (Å²) in [5.74, 6) is 3.60. The van der Waals surface area contributed by atoms with Crippen molar-refractivity contribution in [2.45, 2.75) is 47.0 Å². The Morgan fingerprint density at radius 1 is 1.41 bits per heavy atom. The summed E-state index contributed by atoms with van der Waals surface area (Å²) in [6.45, 7) is 9.40. The highest BCUT2D eigenvalue weighted by atomic mass is 16.5. The minimum Gasteiger partial charge on any atom is -0.384 e. The molecule has 0 amide bonds. The number of ether oxygens (including phenoxy) is 1. The molecular weight excluding hydrogens is 212 g/mol. The van der Waals surface area contributed by atoms with Crippen molar-refractivity contribution >= 4 is 5.78 Å². The van der Waals surface area contributed by atoms with E-state index in [9.17, 15) is 4.79 Å². The van der Waals surface area contributed by atoms with Crippen LogP contribution in [0.5, 0.6) is 0 Å². The molecule has 2 unspecified atom stereocenters. The molecule has 1 radical (unpaired) electrons. The molecule has 1 aliphatic rings. The van der Waals surface area contributed by atoms with Gasteiger partial charge in [-0.05, 0) is 30.6 Å². The summed E-state index contributed by atoms with van der Waals surface area (Å²) in [6.07, 6.45) is 2.91. The average molecular weight is 239 g/mol. The molecule has 0 aliphatic heterocycles. The molecule has 0 aromatic rings. The first kappa shape index (κ1) is 14.7. The van der Waals surface area contributed by atoms with Crippen LogP contribution in [0.1, 0.15) is 47.0 Å². The van der Waals surface area contributed by atoms with Crippen molar-refractivity contribution in [3.8, 4) is 0 Å². The number of hydrogen-bond donors (Lipinski definition) is 0. The Hall–Kier alpha value is -0.370. The Morgan fingerprint density at radius 3 is 2.59 bits per heavy atom. The van der Waals surface area contributed by atoms with Gasteiger partial charge in [0.25, 0.3) is 0 Å². The van der Waals surface area contributed by atoms with Gasteiger partial charge in [0.1, 0.15) is 5.78 Å². The summed E-state index contributed by atoms with van der Waals surface area (Å²) in [7, 11) is 1.74. The molecule has 17 heavy (non-hydrogen) atoms. The van der Waals surface area contributed by atoms with Crippen molar-refractivity contribution in [3.05, 3.63) is 5.92 Å². The van der Waals surface area contributed by atoms with Crippen LogP contribution in [0, 0.1) is 29.6 Å². The molecule has 0 spiro atoms. The fraction of sp³-hybridized carbons (Fsp3) is 0.867. The number of methoxy groups -OCH3 is 1. The van der Waals surface area contributed by atoms with Gasteiger partial charge in [0.15, 0.2) is 0 Å². The molecule has 0 aromatic carbocycles. The van der Waals surface area contributed by atoms with Crippen LogP contribution in [0.4, 0.5) is 0 Å². The Kier molecular flexibility index (Phi) is 5.64. The summed E-state index contributed by atoms with van der Waals surface area (Å²) in [4.78, 5) is 12.3. The zero-order valence-electron chi connectivity index (χ0n) is 12.0. The molecule has 1 aliphatic carbocycles. The molecule has 2 nitrogen and oxygen atoms in total. The SMILES string of the molecule is COC[C]1CC(C)C[C@@H](C(=O)CC(C)C)C1C. The maximum Gasteiger partial charge on any atom is 0.136 e. The predicted molar refractivity (Wildman–Crippen MR) is 70.6 cm³/mol. The summed E-state index contributed by atoms with van der Waals surface area (Å²) < 4.78 is 5.26. The van der Waals surface area contributed by atoms with Crippen LogP contribution in [0.25, 0.3) is 0 Å². The smallest absolute Gasteiger partial charge is 0.136 e. The van der Waals surface area contributed by atoms with Crippen LogP contribution in [0.3, 0.4) is 0 Å². The highest BCUT2D eigenvalue weighted by molar-refractivity contribution is 5.81. The van der Waals surface area contributed by atoms with Crippen LogP contribution in [0.2, 0.25) is 0 Å². The quantitative estimate of drug-likeness (QED) is 0.734. The molecule has 0 saturated heterocycles. The lowest BCUT2D eigenvalue weighted by Crippen LogP contribution is -2.36. The van der Waals surface area contributed by atoms with Gasteiger partial charge < -0.3 is 4.74 Å². The molecule has 1 rings (SSSR count). The zero-order valence-corrected chi connectivity index (χ0v) is 12.0. The first-order valence-electron chi connectivity index (χ1n) is 6.81. The molecule has 1 saturated carbocycles. The van der Waals surface area contributed by atoms with E-state index in [0.717, 1.165) is 25.9 Å². The second-order valence-corrected chi connectivity index (χ2v) is 6.10. The van der Waals surface area contributed by atoms with E-state index in [1.165, 1.54) is 5.92 Å². The second kappa shape index (κ2) is 6.53. The van der Waals surface area contributed by atoms with Crippen LogP contribution in [-0.4, -0.2) is 19.5 Å². The summed E-state index contributed by atoms with van der Waals surface area (Å²) in [5, 5.41) is 0. The topological polar surface area (TPSA) is 26.3 Å². The Morgan fingerprint density at radius 2 is 2.06 bits per heavy atom. The maximum atomic E-state index is 12.3. The van der Waals surface area contributed by atoms with E-state index >= 15 is 0 Å². The second-order valence-electron chi connectivity index (χ2n) is 6.10. The van der Waals surface area contributed by atoms with E-state index in [1.54, 1.807) is 7.11 Å². The predicted octanol–water partition coefficient (Wildman–Crippen LogP) is 3.50.